The third-order valence-corrected chi connectivity index (χ3v) is 3.73. The van der Waals surface area contributed by atoms with E-state index in [4.69, 9.17) is 10.5 Å². The molecule has 1 fully saturated rings. The molecule has 24 heavy (non-hydrogen) atoms. The summed E-state index contributed by atoms with van der Waals surface area (Å²) in [5.74, 6) is -0.229. The van der Waals surface area contributed by atoms with Gasteiger partial charge in [0, 0.05) is 30.6 Å². The summed E-state index contributed by atoms with van der Waals surface area (Å²) in [6.45, 7) is 1.37. The molecule has 2 N–H and O–H groups in total. The number of nitrogens with zero attached hydrogens (tertiary/aromatic N) is 3. The van der Waals surface area contributed by atoms with Gasteiger partial charge in [-0.3, -0.25) is 4.79 Å². The molecule has 0 spiro atoms. The third kappa shape index (κ3) is 3.94. The van der Waals surface area contributed by atoms with Crippen LogP contribution in [0.3, 0.4) is 0 Å². The minimum Gasteiger partial charge on any atom is -0.370 e. The van der Waals surface area contributed by atoms with E-state index >= 15 is 0 Å². The smallest absolute Gasteiger partial charge is 0.246 e. The van der Waals surface area contributed by atoms with E-state index in [0.717, 1.165) is 5.56 Å². The predicted molar refractivity (Wildman–Crippen MR) is 87.2 cm³/mol. The van der Waals surface area contributed by atoms with Crippen molar-refractivity contribution < 1.29 is 13.9 Å². The topological polar surface area (TPSA) is 81.3 Å². The first-order valence-corrected chi connectivity index (χ1v) is 7.53. The largest absolute Gasteiger partial charge is 0.370 e. The van der Waals surface area contributed by atoms with Crippen LogP contribution in [0.2, 0.25) is 0 Å². The lowest BCUT2D eigenvalue weighted by atomic mass is 10.1. The summed E-state index contributed by atoms with van der Waals surface area (Å²) in [7, 11) is 0. The van der Waals surface area contributed by atoms with Crippen LogP contribution in [-0.2, 0) is 9.53 Å². The summed E-state index contributed by atoms with van der Waals surface area (Å²) < 4.78 is 18.7. The minimum absolute atomic E-state index is 0.123. The van der Waals surface area contributed by atoms with E-state index < -0.39 is 0 Å². The van der Waals surface area contributed by atoms with Gasteiger partial charge in [-0.2, -0.15) is 0 Å². The lowest BCUT2D eigenvalue weighted by Gasteiger charge is -2.32. The van der Waals surface area contributed by atoms with Gasteiger partial charge < -0.3 is 15.4 Å². The van der Waals surface area contributed by atoms with Gasteiger partial charge in [0.05, 0.1) is 13.2 Å². The fraction of sp³-hybridized carbons (Fsp3) is 0.235. The van der Waals surface area contributed by atoms with Crippen molar-refractivity contribution in [2.24, 2.45) is 0 Å². The molecule has 0 saturated carbocycles. The highest BCUT2D eigenvalue weighted by atomic mass is 19.1. The zero-order valence-corrected chi connectivity index (χ0v) is 12.9. The van der Waals surface area contributed by atoms with E-state index in [-0.39, 0.29) is 23.8 Å². The van der Waals surface area contributed by atoms with Gasteiger partial charge in [0.25, 0.3) is 0 Å². The van der Waals surface area contributed by atoms with Gasteiger partial charge in [0.15, 0.2) is 0 Å². The summed E-state index contributed by atoms with van der Waals surface area (Å²) >= 11 is 0. The Morgan fingerprint density at radius 3 is 2.71 bits per heavy atom. The number of rotatable bonds is 3. The molecule has 1 atom stereocenters. The van der Waals surface area contributed by atoms with E-state index in [2.05, 4.69) is 9.97 Å². The number of nitrogen functional groups attached to an aromatic ring is 1. The quantitative estimate of drug-likeness (QED) is 0.869. The number of carbonyl (C=O) groups is 1. The monoisotopic (exact) mass is 328 g/mol. The highest BCUT2D eigenvalue weighted by Crippen LogP contribution is 2.22. The van der Waals surface area contributed by atoms with Gasteiger partial charge in [-0.25, -0.2) is 14.4 Å². The van der Waals surface area contributed by atoms with E-state index in [1.165, 1.54) is 18.2 Å². The number of anilines is 1. The van der Waals surface area contributed by atoms with Crippen molar-refractivity contribution in [3.05, 3.63) is 59.7 Å². The summed E-state index contributed by atoms with van der Waals surface area (Å²) in [5.41, 5.74) is 6.97. The standard InChI is InChI=1S/C17H17FN4O2/c18-14-4-2-13(3-5-14)15-11-22(7-8-24-15)16(23)6-1-12-9-20-17(19)21-10-12/h1-6,9-10,15H,7-8,11H2,(H2,19,20,21). The van der Waals surface area contributed by atoms with Gasteiger partial charge in [0.2, 0.25) is 11.9 Å². The molecule has 1 aromatic carbocycles. The maximum atomic E-state index is 13.0. The Hall–Kier alpha value is -2.80. The molecule has 3 rings (SSSR count). The Kier molecular flexibility index (Phi) is 4.81. The summed E-state index contributed by atoms with van der Waals surface area (Å²) in [5, 5.41) is 0. The first-order valence-electron chi connectivity index (χ1n) is 7.53. The molecule has 1 aromatic heterocycles. The fourth-order valence-electron chi connectivity index (χ4n) is 2.44. The Morgan fingerprint density at radius 2 is 2.00 bits per heavy atom. The zero-order chi connectivity index (χ0) is 16.9. The van der Waals surface area contributed by atoms with Gasteiger partial charge in [-0.15, -0.1) is 0 Å². The maximum absolute atomic E-state index is 13.0. The Balaban J connectivity index is 1.64. The van der Waals surface area contributed by atoms with Crippen molar-refractivity contribution in [2.45, 2.75) is 6.10 Å². The first-order chi connectivity index (χ1) is 11.6. The molecule has 124 valence electrons. The van der Waals surface area contributed by atoms with Crippen LogP contribution in [0.1, 0.15) is 17.2 Å². The van der Waals surface area contributed by atoms with Crippen LogP contribution in [0.15, 0.2) is 42.7 Å². The fourth-order valence-corrected chi connectivity index (χ4v) is 2.44. The van der Waals surface area contributed by atoms with Crippen molar-refractivity contribution in [1.29, 1.82) is 0 Å². The van der Waals surface area contributed by atoms with E-state index in [0.29, 0.717) is 25.3 Å². The van der Waals surface area contributed by atoms with E-state index in [1.807, 2.05) is 0 Å². The number of carbonyl (C=O) groups excluding carboxylic acids is 1. The number of amides is 1. The SMILES string of the molecule is Nc1ncc(C=CC(=O)N2CCOC(c3ccc(F)cc3)C2)cn1. The molecule has 6 nitrogen and oxygen atoms in total. The molecular weight excluding hydrogens is 311 g/mol. The normalized spacial score (nSPS) is 18.0. The van der Waals surface area contributed by atoms with Crippen LogP contribution in [0.4, 0.5) is 10.3 Å². The van der Waals surface area contributed by atoms with Crippen LogP contribution in [0, 0.1) is 5.82 Å². The average molecular weight is 328 g/mol. The third-order valence-electron chi connectivity index (χ3n) is 3.73. The number of benzene rings is 1. The molecule has 1 unspecified atom stereocenters. The number of aromatic nitrogens is 2. The lowest BCUT2D eigenvalue weighted by Crippen LogP contribution is -2.41. The Bertz CT molecular complexity index is 731. The molecule has 1 saturated heterocycles. The molecule has 7 heteroatoms. The Morgan fingerprint density at radius 1 is 1.29 bits per heavy atom. The first kappa shape index (κ1) is 16.1. The number of morpholine rings is 1. The van der Waals surface area contributed by atoms with Crippen LogP contribution >= 0.6 is 0 Å². The minimum atomic E-state index is -0.295. The van der Waals surface area contributed by atoms with E-state index in [1.54, 1.807) is 35.5 Å². The molecule has 0 radical (unpaired) electrons. The van der Waals surface area contributed by atoms with Crippen molar-refractivity contribution in [3.8, 4) is 0 Å². The van der Waals surface area contributed by atoms with Gasteiger partial charge in [0.1, 0.15) is 11.9 Å². The van der Waals surface area contributed by atoms with Gasteiger partial charge in [-0.1, -0.05) is 12.1 Å². The number of nitrogens with two attached hydrogens (primary N) is 1. The molecular formula is C17H17FN4O2. The Labute approximate surface area is 138 Å². The highest BCUT2D eigenvalue weighted by molar-refractivity contribution is 5.91. The summed E-state index contributed by atoms with van der Waals surface area (Å²) in [6.07, 6.45) is 5.96. The summed E-state index contributed by atoms with van der Waals surface area (Å²) in [4.78, 5) is 21.8. The summed E-state index contributed by atoms with van der Waals surface area (Å²) in [6, 6.07) is 6.13. The molecule has 2 heterocycles. The molecule has 0 bridgehead atoms. The number of halogens is 1. The molecule has 2 aromatic rings. The van der Waals surface area contributed by atoms with Crippen LogP contribution < -0.4 is 5.73 Å². The van der Waals surface area contributed by atoms with Crippen molar-refractivity contribution in [3.63, 3.8) is 0 Å². The zero-order valence-electron chi connectivity index (χ0n) is 12.9. The molecule has 1 aliphatic rings. The second kappa shape index (κ2) is 7.18. The molecule has 0 aliphatic carbocycles. The van der Waals surface area contributed by atoms with Crippen LogP contribution in [0.5, 0.6) is 0 Å². The van der Waals surface area contributed by atoms with Crippen molar-refractivity contribution in [1.82, 2.24) is 14.9 Å². The van der Waals surface area contributed by atoms with E-state index in [9.17, 15) is 9.18 Å². The van der Waals surface area contributed by atoms with Crippen molar-refractivity contribution >= 4 is 17.9 Å². The number of hydrogen-bond acceptors (Lipinski definition) is 5. The van der Waals surface area contributed by atoms with Crippen molar-refractivity contribution in [2.75, 3.05) is 25.4 Å². The second-order valence-electron chi connectivity index (χ2n) is 5.40. The molecule has 1 aliphatic heterocycles. The number of hydrogen-bond donors (Lipinski definition) is 1. The van der Waals surface area contributed by atoms with Gasteiger partial charge >= 0.3 is 0 Å². The maximum Gasteiger partial charge on any atom is 0.246 e. The average Bonchev–Trinajstić information content (AvgIpc) is 2.62. The lowest BCUT2D eigenvalue weighted by molar-refractivity contribution is -0.133. The predicted octanol–water partition coefficient (Wildman–Crippen LogP) is 1.81. The number of ether oxygens (including phenoxy) is 1. The van der Waals surface area contributed by atoms with Crippen LogP contribution in [0.25, 0.3) is 6.08 Å². The molecule has 1 amide bonds. The highest BCUT2D eigenvalue weighted by Gasteiger charge is 2.24. The van der Waals surface area contributed by atoms with Gasteiger partial charge in [-0.05, 0) is 23.8 Å². The van der Waals surface area contributed by atoms with Crippen LogP contribution in [-0.4, -0.2) is 40.5 Å². The second-order valence-corrected chi connectivity index (χ2v) is 5.40.